The molecule has 1 atom stereocenters. The number of hydrogen-bond acceptors (Lipinski definition) is 2. The largest absolute Gasteiger partial charge is 0.495 e. The summed E-state index contributed by atoms with van der Waals surface area (Å²) in [6.07, 6.45) is 0. The predicted molar refractivity (Wildman–Crippen MR) is 69.6 cm³/mol. The van der Waals surface area contributed by atoms with E-state index in [0.29, 0.717) is 28.3 Å². The smallest absolute Gasteiger partial charge is 0.138 e. The molecule has 1 unspecified atom stereocenters. The van der Waals surface area contributed by atoms with Gasteiger partial charge < -0.3 is 10.5 Å². The molecule has 1 rings (SSSR count). The second-order valence-electron chi connectivity index (χ2n) is 4.09. The van der Waals surface area contributed by atoms with Crippen molar-refractivity contribution >= 4 is 23.2 Å². The molecular formula is C12H17Cl2NO. The first-order valence-electron chi connectivity index (χ1n) is 5.24. The van der Waals surface area contributed by atoms with Crippen molar-refractivity contribution in [3.05, 3.63) is 27.7 Å². The van der Waals surface area contributed by atoms with Gasteiger partial charge in [-0.05, 0) is 30.0 Å². The molecule has 0 radical (unpaired) electrons. The SMILES string of the molecule is COc1cc(Cl)c(C(CN)C(C)C)cc1Cl. The molecule has 0 spiro atoms. The van der Waals surface area contributed by atoms with E-state index < -0.39 is 0 Å². The third-order valence-corrected chi connectivity index (χ3v) is 3.35. The van der Waals surface area contributed by atoms with Crippen LogP contribution in [0.15, 0.2) is 12.1 Å². The highest BCUT2D eigenvalue weighted by molar-refractivity contribution is 6.34. The lowest BCUT2D eigenvalue weighted by molar-refractivity contribution is 0.414. The van der Waals surface area contributed by atoms with Gasteiger partial charge in [-0.25, -0.2) is 0 Å². The minimum Gasteiger partial charge on any atom is -0.495 e. The van der Waals surface area contributed by atoms with Crippen molar-refractivity contribution in [2.75, 3.05) is 13.7 Å². The summed E-state index contributed by atoms with van der Waals surface area (Å²) in [6, 6.07) is 3.59. The van der Waals surface area contributed by atoms with E-state index in [1.165, 1.54) is 0 Å². The summed E-state index contributed by atoms with van der Waals surface area (Å²) in [4.78, 5) is 0. The maximum absolute atomic E-state index is 6.20. The van der Waals surface area contributed by atoms with Crippen LogP contribution < -0.4 is 10.5 Å². The number of ether oxygens (including phenoxy) is 1. The molecule has 2 N–H and O–H groups in total. The van der Waals surface area contributed by atoms with E-state index in [9.17, 15) is 0 Å². The molecule has 1 aromatic rings. The Morgan fingerprint density at radius 2 is 1.88 bits per heavy atom. The van der Waals surface area contributed by atoms with E-state index in [1.807, 2.05) is 6.07 Å². The summed E-state index contributed by atoms with van der Waals surface area (Å²) < 4.78 is 5.11. The number of nitrogens with two attached hydrogens (primary N) is 1. The molecule has 0 amide bonds. The molecule has 0 saturated heterocycles. The Morgan fingerprint density at radius 1 is 1.25 bits per heavy atom. The number of rotatable bonds is 4. The van der Waals surface area contributed by atoms with Gasteiger partial charge in [0.25, 0.3) is 0 Å². The Labute approximate surface area is 107 Å². The monoisotopic (exact) mass is 261 g/mol. The summed E-state index contributed by atoms with van der Waals surface area (Å²) in [5.74, 6) is 1.23. The van der Waals surface area contributed by atoms with Crippen LogP contribution in [0.2, 0.25) is 10.0 Å². The average Bonchev–Trinajstić information content (AvgIpc) is 2.23. The van der Waals surface area contributed by atoms with Crippen LogP contribution in [-0.4, -0.2) is 13.7 Å². The van der Waals surface area contributed by atoms with Crippen molar-refractivity contribution in [3.8, 4) is 5.75 Å². The lowest BCUT2D eigenvalue weighted by atomic mass is 9.88. The standard InChI is InChI=1S/C12H17Cl2NO/c1-7(2)9(6-15)8-4-11(14)12(16-3)5-10(8)13/h4-5,7,9H,6,15H2,1-3H3. The van der Waals surface area contributed by atoms with Gasteiger partial charge in [-0.2, -0.15) is 0 Å². The summed E-state index contributed by atoms with van der Waals surface area (Å²) in [7, 11) is 1.57. The van der Waals surface area contributed by atoms with Crippen LogP contribution in [-0.2, 0) is 0 Å². The number of methoxy groups -OCH3 is 1. The summed E-state index contributed by atoms with van der Waals surface area (Å²) in [5.41, 5.74) is 6.75. The summed E-state index contributed by atoms with van der Waals surface area (Å²) >= 11 is 12.3. The van der Waals surface area contributed by atoms with Crippen LogP contribution in [0.25, 0.3) is 0 Å². The lowest BCUT2D eigenvalue weighted by Crippen LogP contribution is -2.18. The fourth-order valence-electron chi connectivity index (χ4n) is 1.74. The van der Waals surface area contributed by atoms with E-state index in [1.54, 1.807) is 13.2 Å². The van der Waals surface area contributed by atoms with Crippen molar-refractivity contribution in [1.82, 2.24) is 0 Å². The topological polar surface area (TPSA) is 35.2 Å². The Balaban J connectivity index is 3.18. The Kier molecular flexibility index (Phi) is 4.90. The fourth-order valence-corrected chi connectivity index (χ4v) is 2.29. The molecule has 0 aromatic heterocycles. The first-order valence-corrected chi connectivity index (χ1v) is 5.99. The fraction of sp³-hybridized carbons (Fsp3) is 0.500. The second-order valence-corrected chi connectivity index (χ2v) is 4.91. The van der Waals surface area contributed by atoms with Crippen LogP contribution in [0, 0.1) is 5.92 Å². The molecule has 0 bridgehead atoms. The van der Waals surface area contributed by atoms with E-state index in [-0.39, 0.29) is 5.92 Å². The zero-order chi connectivity index (χ0) is 12.3. The van der Waals surface area contributed by atoms with Gasteiger partial charge in [-0.15, -0.1) is 0 Å². The molecule has 16 heavy (non-hydrogen) atoms. The Morgan fingerprint density at radius 3 is 2.31 bits per heavy atom. The van der Waals surface area contributed by atoms with Gasteiger partial charge in [0.05, 0.1) is 12.1 Å². The average molecular weight is 262 g/mol. The second kappa shape index (κ2) is 5.76. The molecule has 0 fully saturated rings. The maximum Gasteiger partial charge on any atom is 0.138 e. The van der Waals surface area contributed by atoms with E-state index >= 15 is 0 Å². The van der Waals surface area contributed by atoms with Crippen molar-refractivity contribution in [3.63, 3.8) is 0 Å². The Bertz CT molecular complexity index is 366. The quantitative estimate of drug-likeness (QED) is 0.897. The first-order chi connectivity index (χ1) is 7.51. The highest BCUT2D eigenvalue weighted by Crippen LogP contribution is 2.36. The number of hydrogen-bond donors (Lipinski definition) is 1. The van der Waals surface area contributed by atoms with Crippen LogP contribution >= 0.6 is 23.2 Å². The minimum absolute atomic E-state index is 0.218. The highest BCUT2D eigenvalue weighted by Gasteiger charge is 2.19. The third kappa shape index (κ3) is 2.82. The van der Waals surface area contributed by atoms with Gasteiger partial charge in [-0.1, -0.05) is 37.0 Å². The molecule has 90 valence electrons. The van der Waals surface area contributed by atoms with Crippen molar-refractivity contribution in [1.29, 1.82) is 0 Å². The molecule has 0 aliphatic heterocycles. The highest BCUT2D eigenvalue weighted by atomic mass is 35.5. The maximum atomic E-state index is 6.20. The normalized spacial score (nSPS) is 12.9. The van der Waals surface area contributed by atoms with Gasteiger partial charge >= 0.3 is 0 Å². The van der Waals surface area contributed by atoms with E-state index in [0.717, 1.165) is 5.56 Å². The van der Waals surface area contributed by atoms with Gasteiger partial charge in [0.1, 0.15) is 5.75 Å². The first kappa shape index (κ1) is 13.6. The van der Waals surface area contributed by atoms with Crippen LogP contribution in [0.1, 0.15) is 25.3 Å². The predicted octanol–water partition coefficient (Wildman–Crippen LogP) is 3.70. The number of halogens is 2. The summed E-state index contributed by atoms with van der Waals surface area (Å²) in [6.45, 7) is 4.79. The summed E-state index contributed by atoms with van der Waals surface area (Å²) in [5, 5.41) is 1.23. The van der Waals surface area contributed by atoms with Crippen LogP contribution in [0.5, 0.6) is 5.75 Å². The van der Waals surface area contributed by atoms with Crippen molar-refractivity contribution in [2.45, 2.75) is 19.8 Å². The molecule has 0 heterocycles. The molecule has 2 nitrogen and oxygen atoms in total. The molecule has 1 aromatic carbocycles. The molecule has 0 aliphatic carbocycles. The zero-order valence-corrected chi connectivity index (χ0v) is 11.3. The van der Waals surface area contributed by atoms with Gasteiger partial charge in [0.2, 0.25) is 0 Å². The van der Waals surface area contributed by atoms with Crippen LogP contribution in [0.4, 0.5) is 0 Å². The molecule has 0 saturated carbocycles. The molecule has 4 heteroatoms. The van der Waals surface area contributed by atoms with Crippen LogP contribution in [0.3, 0.4) is 0 Å². The zero-order valence-electron chi connectivity index (χ0n) is 9.76. The van der Waals surface area contributed by atoms with E-state index in [4.69, 9.17) is 33.7 Å². The van der Waals surface area contributed by atoms with Crippen molar-refractivity contribution < 1.29 is 4.74 Å². The van der Waals surface area contributed by atoms with Crippen molar-refractivity contribution in [2.24, 2.45) is 11.7 Å². The Hall–Kier alpha value is -0.440. The number of benzene rings is 1. The van der Waals surface area contributed by atoms with E-state index in [2.05, 4.69) is 13.8 Å². The van der Waals surface area contributed by atoms with Gasteiger partial charge in [-0.3, -0.25) is 0 Å². The van der Waals surface area contributed by atoms with Gasteiger partial charge in [0.15, 0.2) is 0 Å². The minimum atomic E-state index is 0.218. The molecular weight excluding hydrogens is 245 g/mol. The van der Waals surface area contributed by atoms with Gasteiger partial charge in [0, 0.05) is 11.1 Å². The molecule has 0 aliphatic rings. The third-order valence-electron chi connectivity index (χ3n) is 2.73. The lowest BCUT2D eigenvalue weighted by Gasteiger charge is -2.21.